The number of fused-ring (bicyclic) bond motifs is 2. The number of aliphatic hydroxyl groups excluding tert-OH is 1. The van der Waals surface area contributed by atoms with Crippen LogP contribution in [0.4, 0.5) is 5.69 Å². The second-order valence-electron chi connectivity index (χ2n) is 11.5. The molecule has 0 aromatic heterocycles. The van der Waals surface area contributed by atoms with Crippen molar-refractivity contribution in [2.24, 2.45) is 11.8 Å². The number of ether oxygens (including phenoxy) is 2. The summed E-state index contributed by atoms with van der Waals surface area (Å²) in [7, 11) is 1.53. The normalized spacial score (nSPS) is 25.8. The number of hydrogen-bond donors (Lipinski definition) is 4. The Morgan fingerprint density at radius 3 is 2.53 bits per heavy atom. The first-order valence-electron chi connectivity index (χ1n) is 14.9. The summed E-state index contributed by atoms with van der Waals surface area (Å²) in [6, 6.07) is 4.12. The number of esters is 1. The number of methoxy groups -OCH3 is 1. The average molecular weight is 597 g/mol. The molecule has 0 spiro atoms. The first kappa shape index (κ1) is 35.5. The lowest BCUT2D eigenvalue weighted by molar-refractivity contribution is -0.156. The van der Waals surface area contributed by atoms with Crippen molar-refractivity contribution in [3.8, 4) is 5.75 Å². The monoisotopic (exact) mass is 596 g/mol. The van der Waals surface area contributed by atoms with E-state index in [9.17, 15) is 24.6 Å². The number of phenols is 1. The summed E-state index contributed by atoms with van der Waals surface area (Å²) in [6.45, 7) is 9.11. The third kappa shape index (κ3) is 13.0. The number of aliphatic hydroxyl groups is 1. The number of rotatable bonds is 6. The van der Waals surface area contributed by atoms with Crippen molar-refractivity contribution >= 4 is 23.5 Å². The molecule has 1 aromatic carbocycles. The Bertz CT molecular complexity index is 1200. The summed E-state index contributed by atoms with van der Waals surface area (Å²) in [6.07, 6.45) is 12.7. The fourth-order valence-electron chi connectivity index (χ4n) is 4.68. The summed E-state index contributed by atoms with van der Waals surface area (Å²) in [5.74, 6) is -1.26. The van der Waals surface area contributed by atoms with Gasteiger partial charge in [-0.2, -0.15) is 0 Å². The number of hydrogen-bond acceptors (Lipinski definition) is 7. The van der Waals surface area contributed by atoms with Gasteiger partial charge in [0.25, 0.3) is 0 Å². The topological polar surface area (TPSA) is 134 Å². The maximum atomic E-state index is 12.9. The van der Waals surface area contributed by atoms with Gasteiger partial charge in [-0.15, -0.1) is 0 Å². The highest BCUT2D eigenvalue weighted by Crippen LogP contribution is 2.24. The van der Waals surface area contributed by atoms with Crippen LogP contribution in [0, 0.1) is 11.8 Å². The van der Waals surface area contributed by atoms with E-state index in [1.165, 1.54) is 13.2 Å². The van der Waals surface area contributed by atoms with E-state index < -0.39 is 36.2 Å². The third-order valence-corrected chi connectivity index (χ3v) is 7.16. The number of allylic oxidation sites excluding steroid dienone is 5. The van der Waals surface area contributed by atoms with Gasteiger partial charge in [0.1, 0.15) is 17.9 Å². The molecule has 0 aliphatic carbocycles. The summed E-state index contributed by atoms with van der Waals surface area (Å²) in [4.78, 5) is 37.7. The van der Waals surface area contributed by atoms with Gasteiger partial charge in [0.05, 0.1) is 18.6 Å². The second-order valence-corrected chi connectivity index (χ2v) is 11.5. The van der Waals surface area contributed by atoms with Gasteiger partial charge in [0.2, 0.25) is 11.8 Å². The number of amides is 2. The molecule has 1 aliphatic heterocycles. The van der Waals surface area contributed by atoms with Gasteiger partial charge in [0, 0.05) is 37.6 Å². The van der Waals surface area contributed by atoms with Crippen LogP contribution in [0.2, 0.25) is 0 Å². The average Bonchev–Trinajstić information content (AvgIpc) is 2.92. The van der Waals surface area contributed by atoms with Gasteiger partial charge in [-0.1, -0.05) is 63.3 Å². The largest absolute Gasteiger partial charge is 0.508 e. The Labute approximate surface area is 255 Å². The Morgan fingerprint density at radius 1 is 1.12 bits per heavy atom. The third-order valence-electron chi connectivity index (χ3n) is 7.16. The van der Waals surface area contributed by atoms with E-state index in [2.05, 4.69) is 10.6 Å². The number of nitrogens with one attached hydrogen (secondary N) is 2. The Hall–Kier alpha value is -3.69. The molecule has 1 aliphatic rings. The molecule has 9 heteroatoms. The van der Waals surface area contributed by atoms with Gasteiger partial charge in [-0.3, -0.25) is 9.59 Å². The van der Waals surface area contributed by atoms with Gasteiger partial charge < -0.3 is 30.3 Å². The van der Waals surface area contributed by atoms with E-state index in [0.29, 0.717) is 31.4 Å². The fraction of sp³-hybridized carbons (Fsp3) is 0.500. The first-order chi connectivity index (χ1) is 20.4. The summed E-state index contributed by atoms with van der Waals surface area (Å²) < 4.78 is 11.3. The minimum Gasteiger partial charge on any atom is -0.508 e. The van der Waals surface area contributed by atoms with Crippen molar-refractivity contribution in [1.29, 1.82) is 0 Å². The van der Waals surface area contributed by atoms with Crippen LogP contribution in [-0.2, 0) is 30.3 Å². The minimum atomic E-state index is -0.880. The summed E-state index contributed by atoms with van der Waals surface area (Å²) in [5.41, 5.74) is 2.04. The molecule has 5 atom stereocenters. The molecule has 1 heterocycles. The molecule has 4 N–H and O–H groups in total. The molecule has 1 aromatic rings. The number of aryl methyl sites for hydroxylation is 1. The number of phenolic OH excluding ortho intramolecular Hbond substituents is 1. The van der Waals surface area contributed by atoms with E-state index in [0.717, 1.165) is 11.1 Å². The molecule has 0 radical (unpaired) electrons. The zero-order chi connectivity index (χ0) is 31.9. The SMILES string of the molecule is CO[C@H]1C=C/C=C/C=C/C[C@H](OC(=O)[C@@H](C)NC(=O)CC(C)C)[C@H](C)[C@@H](O)/C(C)=C\CCc2cc(O)cc(c2)NC(=O)C1. The standard InChI is InChI=1S/C34H48N2O7/c1-22(2)17-31(38)35-25(5)34(41)43-30-16-11-9-7-8-10-15-29(42-6)21-32(39)36-27-18-26(19-28(37)20-27)14-12-13-23(3)33(40)24(30)4/h7-11,13,15,18-20,22,24-25,29-30,33,37,40H,12,14,16-17,21H2,1-6H3,(H,35,38)(H,36,39)/b8-7+,11-9+,15-10?,23-13-/t24-,25+,29-,30-,33-/m0/s1. The molecule has 2 amide bonds. The minimum absolute atomic E-state index is 0.0423. The molecule has 0 saturated heterocycles. The van der Waals surface area contributed by atoms with Crippen LogP contribution in [0.5, 0.6) is 5.75 Å². The van der Waals surface area contributed by atoms with Crippen molar-refractivity contribution in [3.63, 3.8) is 0 Å². The predicted octanol–water partition coefficient (Wildman–Crippen LogP) is 5.15. The number of aromatic hydroxyl groups is 1. The van der Waals surface area contributed by atoms with Crippen LogP contribution in [0.1, 0.15) is 65.9 Å². The Kier molecular flexibility index (Phi) is 14.9. The van der Waals surface area contributed by atoms with E-state index in [-0.39, 0.29) is 29.9 Å². The van der Waals surface area contributed by atoms with Crippen LogP contribution in [-0.4, -0.2) is 59.5 Å². The molecule has 2 rings (SSSR count). The van der Waals surface area contributed by atoms with Crippen LogP contribution >= 0.6 is 0 Å². The highest BCUT2D eigenvalue weighted by molar-refractivity contribution is 5.91. The van der Waals surface area contributed by atoms with E-state index in [1.807, 2.05) is 52.0 Å². The molecule has 9 nitrogen and oxygen atoms in total. The van der Waals surface area contributed by atoms with Crippen LogP contribution in [0.15, 0.2) is 66.3 Å². The zero-order valence-corrected chi connectivity index (χ0v) is 26.2. The Morgan fingerprint density at radius 2 is 1.84 bits per heavy atom. The number of anilines is 1. The molecule has 43 heavy (non-hydrogen) atoms. The molecule has 2 bridgehead atoms. The number of carbonyl (C=O) groups is 3. The first-order valence-corrected chi connectivity index (χ1v) is 14.9. The van der Waals surface area contributed by atoms with Crippen LogP contribution < -0.4 is 10.6 Å². The van der Waals surface area contributed by atoms with E-state index >= 15 is 0 Å². The van der Waals surface area contributed by atoms with Gasteiger partial charge in [-0.05, 0) is 55.9 Å². The van der Waals surface area contributed by atoms with Crippen molar-refractivity contribution < 1.29 is 34.1 Å². The smallest absolute Gasteiger partial charge is 0.328 e. The number of carbonyl (C=O) groups excluding carboxylic acids is 3. The molecular formula is C34H48N2O7. The molecule has 0 saturated carbocycles. The summed E-state index contributed by atoms with van der Waals surface area (Å²) >= 11 is 0. The number of benzene rings is 1. The fourth-order valence-corrected chi connectivity index (χ4v) is 4.68. The van der Waals surface area contributed by atoms with Crippen LogP contribution in [0.25, 0.3) is 0 Å². The van der Waals surface area contributed by atoms with E-state index in [4.69, 9.17) is 9.47 Å². The van der Waals surface area contributed by atoms with Crippen molar-refractivity contribution in [2.75, 3.05) is 12.4 Å². The highest BCUT2D eigenvalue weighted by atomic mass is 16.5. The lowest BCUT2D eigenvalue weighted by Gasteiger charge is -2.29. The van der Waals surface area contributed by atoms with Gasteiger partial charge >= 0.3 is 5.97 Å². The summed E-state index contributed by atoms with van der Waals surface area (Å²) in [5, 5.41) is 26.9. The second kappa shape index (κ2) is 18.1. The highest BCUT2D eigenvalue weighted by Gasteiger charge is 2.29. The van der Waals surface area contributed by atoms with Gasteiger partial charge in [-0.25, -0.2) is 4.79 Å². The lowest BCUT2D eigenvalue weighted by Crippen LogP contribution is -2.43. The maximum Gasteiger partial charge on any atom is 0.328 e. The predicted molar refractivity (Wildman–Crippen MR) is 168 cm³/mol. The Balaban J connectivity index is 2.30. The molecule has 0 unspecified atom stereocenters. The van der Waals surface area contributed by atoms with Crippen molar-refractivity contribution in [3.05, 3.63) is 71.9 Å². The maximum absolute atomic E-state index is 12.9. The van der Waals surface area contributed by atoms with E-state index in [1.54, 1.807) is 37.3 Å². The van der Waals surface area contributed by atoms with Crippen LogP contribution in [0.3, 0.4) is 0 Å². The molecular weight excluding hydrogens is 548 g/mol. The zero-order valence-electron chi connectivity index (χ0n) is 26.2. The lowest BCUT2D eigenvalue weighted by atomic mass is 9.90. The van der Waals surface area contributed by atoms with Crippen molar-refractivity contribution in [2.45, 2.75) is 91.1 Å². The molecule has 236 valence electrons. The van der Waals surface area contributed by atoms with Gasteiger partial charge in [0.15, 0.2) is 0 Å². The quantitative estimate of drug-likeness (QED) is 0.264. The molecule has 0 fully saturated rings. The van der Waals surface area contributed by atoms with Crippen molar-refractivity contribution in [1.82, 2.24) is 5.32 Å².